The van der Waals surface area contributed by atoms with Crippen molar-refractivity contribution in [3.05, 3.63) is 291 Å². The summed E-state index contributed by atoms with van der Waals surface area (Å²) < 4.78 is 24.6. The van der Waals surface area contributed by atoms with E-state index in [-0.39, 0.29) is 0 Å². The molecule has 11 aromatic carbocycles. The Morgan fingerprint density at radius 2 is 0.486 bits per heavy atom. The molecule has 0 saturated heterocycles. The number of rotatable bonds is 16. The van der Waals surface area contributed by atoms with Gasteiger partial charge in [-0.15, -0.1) is 0 Å². The van der Waals surface area contributed by atoms with E-state index in [9.17, 15) is 5.26 Å². The van der Waals surface area contributed by atoms with Crippen LogP contribution < -0.4 is 28.7 Å². The first-order valence-corrected chi connectivity index (χ1v) is 24.3. The highest BCUT2D eigenvalue weighted by Crippen LogP contribution is 2.42. The van der Waals surface area contributed by atoms with Crippen LogP contribution in [-0.2, 0) is 0 Å². The summed E-state index contributed by atoms with van der Waals surface area (Å²) in [7, 11) is 0. The largest absolute Gasteiger partial charge is 0.457 e. The third-order valence-electron chi connectivity index (χ3n) is 12.3. The standard InChI is InChI=1S/C67H47N3O4/c68-48-49-21-46-66(50-22-26-52(27-23-50)69(54-30-38-62(39-31-54)71-58-13-5-1-6-14-58)55-32-40-63(41-33-55)72-59-15-7-2-8-16-59)67(47-49)51-24-28-53(29-25-51)70(56-34-42-64(43-35-56)73-60-17-9-3-10-18-60)57-36-44-65(45-37-57)74-61-19-11-4-12-20-61/h1-47H. The minimum atomic E-state index is 0.576. The molecule has 0 aliphatic rings. The molecule has 0 radical (unpaired) electrons. The molecule has 0 fully saturated rings. The molecule has 7 heteroatoms. The van der Waals surface area contributed by atoms with Crippen LogP contribution in [0.5, 0.6) is 46.0 Å². The molecule has 7 nitrogen and oxygen atoms in total. The number of nitriles is 1. The maximum absolute atomic E-state index is 10.1. The van der Waals surface area contributed by atoms with Gasteiger partial charge < -0.3 is 28.7 Å². The van der Waals surface area contributed by atoms with Crippen LogP contribution in [0.4, 0.5) is 34.1 Å². The number of benzene rings is 11. The normalized spacial score (nSPS) is 10.7. The van der Waals surface area contributed by atoms with E-state index in [1.165, 1.54) is 0 Å². The van der Waals surface area contributed by atoms with Crippen molar-refractivity contribution in [3.63, 3.8) is 0 Å². The molecule has 0 heterocycles. The fourth-order valence-electron chi connectivity index (χ4n) is 8.73. The van der Waals surface area contributed by atoms with Gasteiger partial charge in [-0.25, -0.2) is 0 Å². The highest BCUT2D eigenvalue weighted by atomic mass is 16.5. The summed E-state index contributed by atoms with van der Waals surface area (Å²) in [5, 5.41) is 10.1. The molecule has 0 bridgehead atoms. The maximum Gasteiger partial charge on any atom is 0.127 e. The molecule has 0 aliphatic heterocycles. The predicted molar refractivity (Wildman–Crippen MR) is 297 cm³/mol. The van der Waals surface area contributed by atoms with Crippen molar-refractivity contribution in [2.45, 2.75) is 0 Å². The topological polar surface area (TPSA) is 67.2 Å². The molecule has 0 spiro atoms. The van der Waals surface area contributed by atoms with Crippen molar-refractivity contribution in [2.75, 3.05) is 9.80 Å². The molecule has 0 N–H and O–H groups in total. The Morgan fingerprint density at radius 1 is 0.243 bits per heavy atom. The fourth-order valence-corrected chi connectivity index (χ4v) is 8.73. The number of nitrogens with zero attached hydrogens (tertiary/aromatic N) is 3. The quantitative estimate of drug-likeness (QED) is 0.0956. The first-order chi connectivity index (χ1) is 36.6. The van der Waals surface area contributed by atoms with E-state index in [0.717, 1.165) is 102 Å². The number of anilines is 6. The van der Waals surface area contributed by atoms with Gasteiger partial charge in [-0.3, -0.25) is 0 Å². The Hall–Kier alpha value is -10.3. The summed E-state index contributed by atoms with van der Waals surface area (Å²) in [5.41, 5.74) is 10.2. The molecule has 0 aromatic heterocycles. The summed E-state index contributed by atoms with van der Waals surface area (Å²) in [4.78, 5) is 4.41. The highest BCUT2D eigenvalue weighted by molar-refractivity contribution is 5.87. The summed E-state index contributed by atoms with van der Waals surface area (Å²) in [6, 6.07) is 96.7. The second-order valence-electron chi connectivity index (χ2n) is 17.3. The Bertz CT molecular complexity index is 3440. The van der Waals surface area contributed by atoms with Crippen LogP contribution in [0.2, 0.25) is 0 Å². The van der Waals surface area contributed by atoms with Crippen molar-refractivity contribution in [3.8, 4) is 74.3 Å². The summed E-state index contributed by atoms with van der Waals surface area (Å²) in [6.07, 6.45) is 0. The number of ether oxygens (including phenoxy) is 4. The average molecular weight is 958 g/mol. The number of para-hydroxylation sites is 4. The molecule has 0 aliphatic carbocycles. The minimum Gasteiger partial charge on any atom is -0.457 e. The summed E-state index contributed by atoms with van der Waals surface area (Å²) in [6.45, 7) is 0. The van der Waals surface area contributed by atoms with Crippen LogP contribution in [0.1, 0.15) is 5.56 Å². The van der Waals surface area contributed by atoms with Gasteiger partial charge in [0.1, 0.15) is 46.0 Å². The van der Waals surface area contributed by atoms with Crippen molar-refractivity contribution >= 4 is 34.1 Å². The zero-order valence-corrected chi connectivity index (χ0v) is 40.1. The average Bonchev–Trinajstić information content (AvgIpc) is 3.46. The van der Waals surface area contributed by atoms with Crippen LogP contribution in [0.3, 0.4) is 0 Å². The van der Waals surface area contributed by atoms with Crippen LogP contribution in [0.25, 0.3) is 22.3 Å². The number of hydrogen-bond acceptors (Lipinski definition) is 7. The second-order valence-corrected chi connectivity index (χ2v) is 17.3. The zero-order valence-electron chi connectivity index (χ0n) is 40.1. The van der Waals surface area contributed by atoms with Crippen LogP contribution in [-0.4, -0.2) is 0 Å². The molecule has 0 atom stereocenters. The Kier molecular flexibility index (Phi) is 13.6. The Labute approximate surface area is 431 Å². The molecule has 74 heavy (non-hydrogen) atoms. The predicted octanol–water partition coefficient (Wildman–Crippen LogP) is 19.0. The van der Waals surface area contributed by atoms with E-state index in [1.807, 2.05) is 188 Å². The van der Waals surface area contributed by atoms with E-state index < -0.39 is 0 Å². The smallest absolute Gasteiger partial charge is 0.127 e. The minimum absolute atomic E-state index is 0.576. The number of hydrogen-bond donors (Lipinski definition) is 0. The maximum atomic E-state index is 10.1. The SMILES string of the molecule is N#Cc1ccc(-c2ccc(N(c3ccc(Oc4ccccc4)cc3)c3ccc(Oc4ccccc4)cc3)cc2)c(-c2ccc(N(c3ccc(Oc4ccccc4)cc3)c3ccc(Oc4ccccc4)cc3)cc2)c1. The molecule has 0 amide bonds. The lowest BCUT2D eigenvalue weighted by Gasteiger charge is -2.26. The molecule has 11 rings (SSSR count). The third kappa shape index (κ3) is 10.9. The van der Waals surface area contributed by atoms with E-state index in [4.69, 9.17) is 18.9 Å². The van der Waals surface area contributed by atoms with Gasteiger partial charge in [0.05, 0.1) is 11.6 Å². The fraction of sp³-hybridized carbons (Fsp3) is 0. The van der Waals surface area contributed by atoms with Crippen molar-refractivity contribution in [2.24, 2.45) is 0 Å². The second kappa shape index (κ2) is 21.8. The first-order valence-electron chi connectivity index (χ1n) is 24.3. The lowest BCUT2D eigenvalue weighted by Crippen LogP contribution is -2.10. The summed E-state index contributed by atoms with van der Waals surface area (Å²) in [5.74, 6) is 6.03. The van der Waals surface area contributed by atoms with Gasteiger partial charge in [0.25, 0.3) is 0 Å². The lowest BCUT2D eigenvalue weighted by molar-refractivity contribution is 0.482. The molecule has 354 valence electrons. The van der Waals surface area contributed by atoms with Crippen molar-refractivity contribution in [1.29, 1.82) is 5.26 Å². The summed E-state index contributed by atoms with van der Waals surface area (Å²) >= 11 is 0. The third-order valence-corrected chi connectivity index (χ3v) is 12.3. The van der Waals surface area contributed by atoms with Crippen LogP contribution in [0.15, 0.2) is 285 Å². The van der Waals surface area contributed by atoms with E-state index >= 15 is 0 Å². The van der Waals surface area contributed by atoms with Gasteiger partial charge in [0, 0.05) is 34.1 Å². The molecule has 0 unspecified atom stereocenters. The Balaban J connectivity index is 0.903. The first kappa shape index (κ1) is 46.1. The molecule has 0 saturated carbocycles. The van der Waals surface area contributed by atoms with Gasteiger partial charge in [-0.1, -0.05) is 103 Å². The van der Waals surface area contributed by atoms with Crippen molar-refractivity contribution in [1.82, 2.24) is 0 Å². The molecule has 11 aromatic rings. The van der Waals surface area contributed by atoms with Gasteiger partial charge in [0.2, 0.25) is 0 Å². The molecular weight excluding hydrogens is 911 g/mol. The van der Waals surface area contributed by atoms with E-state index in [0.29, 0.717) is 5.56 Å². The van der Waals surface area contributed by atoms with E-state index in [1.54, 1.807) is 0 Å². The monoisotopic (exact) mass is 957 g/mol. The van der Waals surface area contributed by atoms with E-state index in [2.05, 4.69) is 113 Å². The van der Waals surface area contributed by atoms with Gasteiger partial charge in [-0.05, 0) is 204 Å². The Morgan fingerprint density at radius 3 is 0.757 bits per heavy atom. The highest BCUT2D eigenvalue weighted by Gasteiger charge is 2.18. The van der Waals surface area contributed by atoms with Crippen molar-refractivity contribution < 1.29 is 18.9 Å². The van der Waals surface area contributed by atoms with Gasteiger partial charge in [0.15, 0.2) is 0 Å². The van der Waals surface area contributed by atoms with Gasteiger partial charge in [-0.2, -0.15) is 5.26 Å². The molecular formula is C67H47N3O4. The van der Waals surface area contributed by atoms with Crippen LogP contribution in [0, 0.1) is 11.3 Å². The lowest BCUT2D eigenvalue weighted by atomic mass is 9.92. The van der Waals surface area contributed by atoms with Gasteiger partial charge >= 0.3 is 0 Å². The zero-order chi connectivity index (χ0) is 49.9. The van der Waals surface area contributed by atoms with Crippen LogP contribution >= 0.6 is 0 Å².